The highest BCUT2D eigenvalue weighted by Crippen LogP contribution is 2.43. The van der Waals surface area contributed by atoms with Crippen molar-refractivity contribution in [2.75, 3.05) is 0 Å². The third kappa shape index (κ3) is 1.90. The van der Waals surface area contributed by atoms with Gasteiger partial charge in [0.25, 0.3) is 0 Å². The van der Waals surface area contributed by atoms with Crippen LogP contribution in [0.25, 0.3) is 5.57 Å². The van der Waals surface area contributed by atoms with Crippen LogP contribution < -0.4 is 18.1 Å². The molecule has 2 bridgehead atoms. The molecule has 3 rings (SSSR count). The number of hydrogen-bond acceptors (Lipinski definition) is 1. The van der Waals surface area contributed by atoms with Crippen molar-refractivity contribution in [2.24, 2.45) is 17.6 Å². The fourth-order valence-electron chi connectivity index (χ4n) is 3.07. The first-order chi connectivity index (χ1) is 7.34. The predicted molar refractivity (Wildman–Crippen MR) is 64.3 cm³/mol. The van der Waals surface area contributed by atoms with Crippen molar-refractivity contribution in [3.63, 3.8) is 0 Å². The molecule has 86 valence electrons. The SMILES string of the molecule is NC1C(c2ccccc2)=CC2CCC1C2.[Cl-].[H+]. The van der Waals surface area contributed by atoms with Crippen LogP contribution in [-0.2, 0) is 0 Å². The van der Waals surface area contributed by atoms with Gasteiger partial charge in [0.05, 0.1) is 0 Å². The molecule has 1 nitrogen and oxygen atoms in total. The Morgan fingerprint density at radius 1 is 1.12 bits per heavy atom. The number of benzene rings is 1. The molecule has 3 atom stereocenters. The Labute approximate surface area is 105 Å². The number of halogens is 1. The van der Waals surface area contributed by atoms with Gasteiger partial charge in [0.1, 0.15) is 0 Å². The van der Waals surface area contributed by atoms with Crippen LogP contribution in [0.2, 0.25) is 0 Å². The van der Waals surface area contributed by atoms with E-state index in [0.717, 1.165) is 11.8 Å². The van der Waals surface area contributed by atoms with Crippen LogP contribution in [0, 0.1) is 11.8 Å². The van der Waals surface area contributed by atoms with Gasteiger partial charge in [-0.15, -0.1) is 0 Å². The molecule has 0 aliphatic heterocycles. The number of fused-ring (bicyclic) bond motifs is 2. The second-order valence-electron chi connectivity index (χ2n) is 4.85. The molecule has 0 amide bonds. The van der Waals surface area contributed by atoms with Gasteiger partial charge < -0.3 is 18.1 Å². The van der Waals surface area contributed by atoms with E-state index in [1.54, 1.807) is 0 Å². The molecule has 0 spiro atoms. The Morgan fingerprint density at radius 3 is 2.62 bits per heavy atom. The van der Waals surface area contributed by atoms with Crippen molar-refractivity contribution < 1.29 is 13.8 Å². The van der Waals surface area contributed by atoms with Crippen LogP contribution in [0.5, 0.6) is 0 Å². The van der Waals surface area contributed by atoms with Crippen molar-refractivity contribution in [3.8, 4) is 0 Å². The summed E-state index contributed by atoms with van der Waals surface area (Å²) < 4.78 is 0. The smallest absolute Gasteiger partial charge is 1.00 e. The van der Waals surface area contributed by atoms with Gasteiger partial charge in [0.15, 0.2) is 0 Å². The van der Waals surface area contributed by atoms with Gasteiger partial charge in [-0.1, -0.05) is 36.4 Å². The topological polar surface area (TPSA) is 26.0 Å². The second kappa shape index (κ2) is 4.60. The summed E-state index contributed by atoms with van der Waals surface area (Å²) in [5.74, 6) is 1.53. The predicted octanol–water partition coefficient (Wildman–Crippen LogP) is -0.0563. The molecule has 3 unspecified atom stereocenters. The summed E-state index contributed by atoms with van der Waals surface area (Å²) in [4.78, 5) is 0. The molecule has 2 aliphatic rings. The summed E-state index contributed by atoms with van der Waals surface area (Å²) in [6.07, 6.45) is 6.40. The maximum atomic E-state index is 6.32. The molecule has 0 radical (unpaired) electrons. The summed E-state index contributed by atoms with van der Waals surface area (Å²) in [7, 11) is 0. The Morgan fingerprint density at radius 2 is 1.88 bits per heavy atom. The van der Waals surface area contributed by atoms with Gasteiger partial charge in [-0.2, -0.15) is 0 Å². The summed E-state index contributed by atoms with van der Waals surface area (Å²) in [5, 5.41) is 0. The Balaban J connectivity index is 0.000000722. The maximum absolute atomic E-state index is 6.32. The van der Waals surface area contributed by atoms with Gasteiger partial charge in [0.2, 0.25) is 0 Å². The van der Waals surface area contributed by atoms with E-state index in [1.165, 1.54) is 30.4 Å². The van der Waals surface area contributed by atoms with E-state index in [0.29, 0.717) is 0 Å². The van der Waals surface area contributed by atoms with Gasteiger partial charge in [-0.3, -0.25) is 0 Å². The van der Waals surface area contributed by atoms with E-state index in [2.05, 4.69) is 36.4 Å². The molecule has 2 N–H and O–H groups in total. The third-order valence-electron chi connectivity index (χ3n) is 3.90. The van der Waals surface area contributed by atoms with Gasteiger partial charge in [-0.05, 0) is 42.2 Å². The highest BCUT2D eigenvalue weighted by atomic mass is 35.5. The van der Waals surface area contributed by atoms with Crippen molar-refractivity contribution in [1.82, 2.24) is 0 Å². The van der Waals surface area contributed by atoms with E-state index in [-0.39, 0.29) is 19.9 Å². The molecule has 0 aromatic heterocycles. The number of rotatable bonds is 1. The minimum absolute atomic E-state index is 0. The fourth-order valence-corrected chi connectivity index (χ4v) is 3.07. The van der Waals surface area contributed by atoms with E-state index >= 15 is 0 Å². The zero-order valence-corrected chi connectivity index (χ0v) is 10.0. The molecule has 1 aromatic rings. The average molecular weight is 236 g/mol. The normalized spacial score (nSPS) is 31.8. The lowest BCUT2D eigenvalue weighted by Crippen LogP contribution is -3.00. The minimum Gasteiger partial charge on any atom is -1.00 e. The minimum atomic E-state index is 0. The average Bonchev–Trinajstić information content (AvgIpc) is 2.69. The van der Waals surface area contributed by atoms with Crippen molar-refractivity contribution in [3.05, 3.63) is 42.0 Å². The Bertz CT molecular complexity index is 390. The molecular weight excluding hydrogens is 218 g/mol. The number of nitrogens with two attached hydrogens (primary N) is 1. The molecule has 2 heteroatoms. The molecule has 0 heterocycles. The lowest BCUT2D eigenvalue weighted by atomic mass is 9.82. The number of allylic oxidation sites excluding steroid dienone is 1. The first-order valence-corrected chi connectivity index (χ1v) is 5.87. The van der Waals surface area contributed by atoms with Crippen LogP contribution in [-0.4, -0.2) is 6.04 Å². The van der Waals surface area contributed by atoms with E-state index < -0.39 is 0 Å². The summed E-state index contributed by atoms with van der Waals surface area (Å²) in [6.45, 7) is 0. The van der Waals surface area contributed by atoms with E-state index in [4.69, 9.17) is 5.73 Å². The fraction of sp³-hybridized carbons (Fsp3) is 0.429. The molecule has 1 aromatic carbocycles. The molecule has 1 fully saturated rings. The first kappa shape index (κ1) is 11.7. The van der Waals surface area contributed by atoms with Crippen LogP contribution in [0.1, 0.15) is 26.3 Å². The zero-order chi connectivity index (χ0) is 10.3. The Kier molecular flexibility index (Phi) is 3.36. The van der Waals surface area contributed by atoms with Crippen LogP contribution in [0.4, 0.5) is 0 Å². The van der Waals surface area contributed by atoms with E-state index in [9.17, 15) is 0 Å². The van der Waals surface area contributed by atoms with Crippen LogP contribution in [0.3, 0.4) is 0 Å². The zero-order valence-electron chi connectivity index (χ0n) is 10.3. The summed E-state index contributed by atoms with van der Waals surface area (Å²) >= 11 is 0. The molecule has 0 saturated heterocycles. The van der Waals surface area contributed by atoms with Crippen molar-refractivity contribution >= 4 is 5.57 Å². The van der Waals surface area contributed by atoms with Crippen LogP contribution >= 0.6 is 0 Å². The maximum Gasteiger partial charge on any atom is 1.00 e. The Hall–Kier alpha value is -0.790. The quantitative estimate of drug-likeness (QED) is 0.726. The van der Waals surface area contributed by atoms with Gasteiger partial charge in [-0.25, -0.2) is 0 Å². The van der Waals surface area contributed by atoms with E-state index in [1.807, 2.05) is 0 Å². The lowest BCUT2D eigenvalue weighted by molar-refractivity contribution is -0.00000308. The van der Waals surface area contributed by atoms with Crippen molar-refractivity contribution in [2.45, 2.75) is 25.3 Å². The lowest BCUT2D eigenvalue weighted by Gasteiger charge is -2.27. The highest BCUT2D eigenvalue weighted by molar-refractivity contribution is 5.71. The molecule has 2 aliphatic carbocycles. The standard InChI is InChI=1S/C14H17N.ClH/c15-14-12-7-6-10(8-12)9-13(14)11-4-2-1-3-5-11;/h1-5,9-10,12,14H,6-8,15H2;1H. The second-order valence-corrected chi connectivity index (χ2v) is 4.85. The number of hydrogen-bond donors (Lipinski definition) is 1. The third-order valence-corrected chi connectivity index (χ3v) is 3.90. The first-order valence-electron chi connectivity index (χ1n) is 5.87. The van der Waals surface area contributed by atoms with Gasteiger partial charge in [0, 0.05) is 6.04 Å². The van der Waals surface area contributed by atoms with Crippen LogP contribution in [0.15, 0.2) is 36.4 Å². The molecular formula is C14H18ClN. The molecule has 1 saturated carbocycles. The summed E-state index contributed by atoms with van der Waals surface area (Å²) in [5.41, 5.74) is 9.03. The molecule has 16 heavy (non-hydrogen) atoms. The largest absolute Gasteiger partial charge is 1.00 e. The van der Waals surface area contributed by atoms with Crippen molar-refractivity contribution in [1.29, 1.82) is 0 Å². The summed E-state index contributed by atoms with van der Waals surface area (Å²) in [6, 6.07) is 10.9. The monoisotopic (exact) mass is 235 g/mol. The highest BCUT2D eigenvalue weighted by Gasteiger charge is 2.34. The van der Waals surface area contributed by atoms with Gasteiger partial charge >= 0.3 is 1.43 Å².